The van der Waals surface area contributed by atoms with Crippen molar-refractivity contribution in [3.8, 4) is 17.1 Å². The average molecular weight is 453 g/mol. The number of halogens is 3. The van der Waals surface area contributed by atoms with Crippen LogP contribution in [0.15, 0.2) is 60.9 Å². The largest absolute Gasteiger partial charge is 0.472 e. The van der Waals surface area contributed by atoms with Crippen LogP contribution in [0.5, 0.6) is 5.88 Å². The van der Waals surface area contributed by atoms with Gasteiger partial charge in [0.15, 0.2) is 0 Å². The molecule has 0 unspecified atom stereocenters. The van der Waals surface area contributed by atoms with Crippen LogP contribution >= 0.6 is 0 Å². The van der Waals surface area contributed by atoms with Crippen molar-refractivity contribution in [2.24, 2.45) is 0 Å². The van der Waals surface area contributed by atoms with Crippen LogP contribution in [0.25, 0.3) is 11.3 Å². The van der Waals surface area contributed by atoms with Crippen LogP contribution in [0.2, 0.25) is 0 Å². The number of carbonyl (C=O) groups excluding carboxylic acids is 1. The Bertz CT molecular complexity index is 1170. The van der Waals surface area contributed by atoms with E-state index in [-0.39, 0.29) is 30.0 Å². The second-order valence-corrected chi connectivity index (χ2v) is 8.50. The molecule has 2 aromatic heterocycles. The molecule has 0 N–H and O–H groups in total. The van der Waals surface area contributed by atoms with Crippen molar-refractivity contribution < 1.29 is 22.7 Å². The van der Waals surface area contributed by atoms with E-state index in [1.807, 2.05) is 48.2 Å². The summed E-state index contributed by atoms with van der Waals surface area (Å²) >= 11 is 0. The van der Waals surface area contributed by atoms with Crippen molar-refractivity contribution in [1.82, 2.24) is 14.9 Å². The summed E-state index contributed by atoms with van der Waals surface area (Å²) in [5.41, 5.74) is 2.30. The molecule has 0 aliphatic carbocycles. The number of amides is 1. The van der Waals surface area contributed by atoms with E-state index in [4.69, 9.17) is 4.74 Å². The Labute approximate surface area is 189 Å². The van der Waals surface area contributed by atoms with Gasteiger partial charge in [0.1, 0.15) is 6.10 Å². The maximum Gasteiger partial charge on any atom is 0.417 e. The zero-order valence-corrected chi connectivity index (χ0v) is 17.9. The first-order chi connectivity index (χ1) is 15.8. The number of rotatable bonds is 4. The molecular formula is C25H22F3N3O2. The normalized spacial score (nSPS) is 21.9. The monoisotopic (exact) mass is 453 g/mol. The molecule has 2 saturated heterocycles. The fourth-order valence-corrected chi connectivity index (χ4v) is 4.99. The highest BCUT2D eigenvalue weighted by molar-refractivity contribution is 6.01. The lowest BCUT2D eigenvalue weighted by Gasteiger charge is -2.26. The number of aryl methyl sites for hydroxylation is 1. The summed E-state index contributed by atoms with van der Waals surface area (Å²) in [5.74, 6) is 0.0658. The van der Waals surface area contributed by atoms with E-state index >= 15 is 0 Å². The lowest BCUT2D eigenvalue weighted by atomic mass is 9.97. The summed E-state index contributed by atoms with van der Waals surface area (Å²) < 4.78 is 44.4. The second-order valence-electron chi connectivity index (χ2n) is 8.50. The Hall–Kier alpha value is -3.42. The van der Waals surface area contributed by atoms with Crippen molar-refractivity contribution in [3.63, 3.8) is 0 Å². The number of nitrogens with zero attached hydrogens (tertiary/aromatic N) is 3. The SMILES string of the molecule is Cc1cccc(C(=O)N2[C@@H]3CC[C@H]2[C@H](Oc2ccc(C(F)(F)F)cn2)C3)c1-c1ccccn1. The first-order valence-electron chi connectivity index (χ1n) is 10.9. The Morgan fingerprint density at radius 1 is 1.06 bits per heavy atom. The highest BCUT2D eigenvalue weighted by Crippen LogP contribution is 2.41. The first-order valence-corrected chi connectivity index (χ1v) is 10.9. The number of benzene rings is 1. The highest BCUT2D eigenvalue weighted by Gasteiger charge is 2.50. The molecular weight excluding hydrogens is 431 g/mol. The predicted molar refractivity (Wildman–Crippen MR) is 116 cm³/mol. The third-order valence-electron chi connectivity index (χ3n) is 6.47. The number of ether oxygens (including phenoxy) is 1. The van der Waals surface area contributed by atoms with E-state index in [2.05, 4.69) is 9.97 Å². The van der Waals surface area contributed by atoms with Crippen molar-refractivity contribution >= 4 is 5.91 Å². The van der Waals surface area contributed by atoms with E-state index in [1.165, 1.54) is 6.07 Å². The molecule has 0 saturated carbocycles. The smallest absolute Gasteiger partial charge is 0.417 e. The fraction of sp³-hybridized carbons (Fsp3) is 0.320. The third-order valence-corrected chi connectivity index (χ3v) is 6.47. The average Bonchev–Trinajstić information content (AvgIpc) is 3.36. The molecule has 3 aromatic rings. The van der Waals surface area contributed by atoms with Gasteiger partial charge in [0.2, 0.25) is 5.88 Å². The topological polar surface area (TPSA) is 55.3 Å². The molecule has 2 aliphatic rings. The van der Waals surface area contributed by atoms with Gasteiger partial charge in [-0.1, -0.05) is 18.2 Å². The maximum absolute atomic E-state index is 13.7. The molecule has 33 heavy (non-hydrogen) atoms. The highest BCUT2D eigenvalue weighted by atomic mass is 19.4. The van der Waals surface area contributed by atoms with Crippen molar-refractivity contribution in [3.05, 3.63) is 77.6 Å². The van der Waals surface area contributed by atoms with Gasteiger partial charge < -0.3 is 9.64 Å². The molecule has 1 amide bonds. The van der Waals surface area contributed by atoms with E-state index < -0.39 is 11.7 Å². The van der Waals surface area contributed by atoms with Gasteiger partial charge in [-0.2, -0.15) is 13.2 Å². The minimum absolute atomic E-state index is 0.0269. The molecule has 3 atom stereocenters. The number of hydrogen-bond donors (Lipinski definition) is 0. The zero-order valence-electron chi connectivity index (χ0n) is 17.9. The Kier molecular flexibility index (Phi) is 5.31. The standard InChI is InChI=1S/C25H22F3N3O2/c1-15-5-4-6-18(23(15)19-7-2-3-12-29-19)24(32)31-17-9-10-20(31)21(13-17)33-22-11-8-16(14-30-22)25(26,27)28/h2-8,11-12,14,17,20-21H,9-10,13H2,1H3/t17-,20+,21-/m1/s1. The summed E-state index contributed by atoms with van der Waals surface area (Å²) in [4.78, 5) is 23.9. The van der Waals surface area contributed by atoms with Gasteiger partial charge in [0, 0.05) is 42.0 Å². The predicted octanol–water partition coefficient (Wildman–Crippen LogP) is 5.30. The summed E-state index contributed by atoms with van der Waals surface area (Å²) in [6.45, 7) is 1.96. The van der Waals surface area contributed by atoms with Gasteiger partial charge in [-0.25, -0.2) is 4.98 Å². The molecule has 5 rings (SSSR count). The van der Waals surface area contributed by atoms with Crippen LogP contribution in [0.1, 0.15) is 40.7 Å². The molecule has 0 spiro atoms. The van der Waals surface area contributed by atoms with Gasteiger partial charge >= 0.3 is 6.18 Å². The second kappa shape index (κ2) is 8.17. The minimum Gasteiger partial charge on any atom is -0.472 e. The van der Waals surface area contributed by atoms with E-state index in [9.17, 15) is 18.0 Å². The number of pyridine rings is 2. The van der Waals surface area contributed by atoms with E-state index in [0.717, 1.165) is 41.9 Å². The van der Waals surface area contributed by atoms with Gasteiger partial charge in [-0.05, 0) is 49.6 Å². The molecule has 1 aromatic carbocycles. The molecule has 2 bridgehead atoms. The van der Waals surface area contributed by atoms with Crippen LogP contribution in [0, 0.1) is 6.92 Å². The number of alkyl halides is 3. The maximum atomic E-state index is 13.7. The lowest BCUT2D eigenvalue weighted by Crippen LogP contribution is -2.39. The van der Waals surface area contributed by atoms with Gasteiger partial charge in [0.05, 0.1) is 17.3 Å². The van der Waals surface area contributed by atoms with Crippen LogP contribution in [-0.4, -0.2) is 39.0 Å². The first kappa shape index (κ1) is 21.4. The third kappa shape index (κ3) is 3.94. The Morgan fingerprint density at radius 2 is 1.91 bits per heavy atom. The van der Waals surface area contributed by atoms with Crippen LogP contribution < -0.4 is 4.74 Å². The lowest BCUT2D eigenvalue weighted by molar-refractivity contribution is -0.137. The summed E-state index contributed by atoms with van der Waals surface area (Å²) in [7, 11) is 0. The van der Waals surface area contributed by atoms with E-state index in [0.29, 0.717) is 12.0 Å². The van der Waals surface area contributed by atoms with Crippen molar-refractivity contribution in [2.45, 2.75) is 50.6 Å². The Balaban J connectivity index is 1.39. The molecule has 2 aliphatic heterocycles. The van der Waals surface area contributed by atoms with E-state index in [1.54, 1.807) is 6.20 Å². The van der Waals surface area contributed by atoms with Crippen molar-refractivity contribution in [1.29, 1.82) is 0 Å². The van der Waals surface area contributed by atoms with Gasteiger partial charge in [0.25, 0.3) is 5.91 Å². The van der Waals surface area contributed by atoms with Crippen molar-refractivity contribution in [2.75, 3.05) is 0 Å². The number of carbonyl (C=O) groups is 1. The molecule has 4 heterocycles. The number of fused-ring (bicyclic) bond motifs is 2. The van der Waals surface area contributed by atoms with Gasteiger partial charge in [-0.3, -0.25) is 9.78 Å². The molecule has 8 heteroatoms. The summed E-state index contributed by atoms with van der Waals surface area (Å²) in [6, 6.07) is 13.3. The Morgan fingerprint density at radius 3 is 2.61 bits per heavy atom. The molecule has 170 valence electrons. The van der Waals surface area contributed by atoms with Crippen LogP contribution in [0.4, 0.5) is 13.2 Å². The number of aromatic nitrogens is 2. The molecule has 5 nitrogen and oxygen atoms in total. The summed E-state index contributed by atoms with van der Waals surface area (Å²) in [6.07, 6.45) is 0.0198. The van der Waals surface area contributed by atoms with Gasteiger partial charge in [-0.15, -0.1) is 0 Å². The summed E-state index contributed by atoms with van der Waals surface area (Å²) in [5, 5.41) is 0. The van der Waals surface area contributed by atoms with Crippen LogP contribution in [-0.2, 0) is 6.18 Å². The van der Waals surface area contributed by atoms with Crippen LogP contribution in [0.3, 0.4) is 0 Å². The fourth-order valence-electron chi connectivity index (χ4n) is 4.99. The quantitative estimate of drug-likeness (QED) is 0.538. The zero-order chi connectivity index (χ0) is 23.2. The molecule has 0 radical (unpaired) electrons. The number of hydrogen-bond acceptors (Lipinski definition) is 4. The minimum atomic E-state index is -4.44. The molecule has 2 fully saturated rings.